The van der Waals surface area contributed by atoms with Crippen LogP contribution in [0.3, 0.4) is 0 Å². The minimum atomic E-state index is -0.909. The van der Waals surface area contributed by atoms with Gasteiger partial charge in [0.1, 0.15) is 12.1 Å². The molecule has 0 amide bonds. The Bertz CT molecular complexity index is 1050. The van der Waals surface area contributed by atoms with Crippen LogP contribution in [-0.4, -0.2) is 9.97 Å². The summed E-state index contributed by atoms with van der Waals surface area (Å²) in [6, 6.07) is 9.73. The second kappa shape index (κ2) is 6.75. The summed E-state index contributed by atoms with van der Waals surface area (Å²) >= 11 is 0. The number of halogens is 3. The smallest absolute Gasteiger partial charge is 0.261 e. The van der Waals surface area contributed by atoms with E-state index >= 15 is 0 Å². The molecule has 0 radical (unpaired) electrons. The quantitative estimate of drug-likeness (QED) is 0.670. The number of anilines is 2. The average molecular weight is 369 g/mol. The first-order chi connectivity index (χ1) is 13.0. The van der Waals surface area contributed by atoms with Crippen molar-refractivity contribution in [2.75, 3.05) is 5.32 Å². The fourth-order valence-electron chi connectivity index (χ4n) is 2.91. The second-order valence-corrected chi connectivity index (χ2v) is 6.16. The molecule has 2 aromatic carbocycles. The first-order valence-electron chi connectivity index (χ1n) is 8.21. The van der Waals surface area contributed by atoms with E-state index in [9.17, 15) is 13.2 Å². The van der Waals surface area contributed by atoms with Crippen molar-refractivity contribution in [1.82, 2.24) is 9.97 Å². The number of ether oxygens (including phenoxy) is 1. The summed E-state index contributed by atoms with van der Waals surface area (Å²) in [6.07, 6.45) is 2.97. The number of nitrogens with zero attached hydrogens (tertiary/aromatic N) is 2. The Kier molecular flexibility index (Phi) is 4.27. The molecule has 4 rings (SSSR count). The van der Waals surface area contributed by atoms with Gasteiger partial charge < -0.3 is 10.1 Å². The van der Waals surface area contributed by atoms with Crippen LogP contribution in [0.2, 0.25) is 0 Å². The molecule has 1 aromatic heterocycles. The maximum atomic E-state index is 14.7. The number of nitrogens with one attached hydrogen (secondary N) is 1. The third-order valence-electron chi connectivity index (χ3n) is 4.17. The van der Waals surface area contributed by atoms with Gasteiger partial charge in [0, 0.05) is 22.9 Å². The lowest BCUT2D eigenvalue weighted by Crippen LogP contribution is -2.03. The molecular formula is C20H14F3N3O. The van der Waals surface area contributed by atoms with Crippen LogP contribution in [0.25, 0.3) is 6.08 Å². The van der Waals surface area contributed by atoms with E-state index in [2.05, 4.69) is 15.3 Å². The number of hydrogen-bond donors (Lipinski definition) is 1. The molecule has 0 fully saturated rings. The minimum absolute atomic E-state index is 0.125. The molecular weight excluding hydrogens is 355 g/mol. The molecule has 0 aliphatic heterocycles. The SMILES string of the molecule is CC1=Cc2c(F)c(Oc3ncnc(Nc4ccccc4)c3F)cc(F)c2C1. The molecule has 0 saturated heterocycles. The van der Waals surface area contributed by atoms with Gasteiger partial charge in [-0.05, 0) is 25.5 Å². The molecule has 7 heteroatoms. The van der Waals surface area contributed by atoms with Crippen LogP contribution >= 0.6 is 0 Å². The maximum Gasteiger partial charge on any atom is 0.261 e. The van der Waals surface area contributed by atoms with Gasteiger partial charge in [-0.1, -0.05) is 29.8 Å². The van der Waals surface area contributed by atoms with Crippen LogP contribution in [0.1, 0.15) is 18.1 Å². The van der Waals surface area contributed by atoms with Crippen molar-refractivity contribution < 1.29 is 17.9 Å². The zero-order valence-electron chi connectivity index (χ0n) is 14.3. The minimum Gasteiger partial charge on any atom is -0.433 e. The first kappa shape index (κ1) is 17.1. The van der Waals surface area contributed by atoms with Gasteiger partial charge in [-0.15, -0.1) is 0 Å². The zero-order valence-corrected chi connectivity index (χ0v) is 14.3. The zero-order chi connectivity index (χ0) is 19.0. The molecule has 0 spiro atoms. The van der Waals surface area contributed by atoms with E-state index in [0.29, 0.717) is 12.1 Å². The van der Waals surface area contributed by atoms with E-state index in [1.807, 2.05) is 6.07 Å². The highest BCUT2D eigenvalue weighted by molar-refractivity contribution is 5.66. The highest BCUT2D eigenvalue weighted by Crippen LogP contribution is 2.36. The lowest BCUT2D eigenvalue weighted by molar-refractivity contribution is 0.393. The number of benzene rings is 2. The molecule has 0 saturated carbocycles. The van der Waals surface area contributed by atoms with E-state index in [-0.39, 0.29) is 16.9 Å². The second-order valence-electron chi connectivity index (χ2n) is 6.16. The summed E-state index contributed by atoms with van der Waals surface area (Å²) in [4.78, 5) is 7.53. The van der Waals surface area contributed by atoms with Crippen molar-refractivity contribution in [2.45, 2.75) is 13.3 Å². The van der Waals surface area contributed by atoms with Gasteiger partial charge in [0.15, 0.2) is 17.4 Å². The van der Waals surface area contributed by atoms with Crippen molar-refractivity contribution >= 4 is 17.6 Å². The van der Waals surface area contributed by atoms with Crippen molar-refractivity contribution in [3.05, 3.63) is 76.9 Å². The molecule has 3 aromatic rings. The largest absolute Gasteiger partial charge is 0.433 e. The first-order valence-corrected chi connectivity index (χ1v) is 8.21. The Morgan fingerprint density at radius 1 is 1.04 bits per heavy atom. The summed E-state index contributed by atoms with van der Waals surface area (Å²) in [5.41, 5.74) is 1.84. The highest BCUT2D eigenvalue weighted by Gasteiger charge is 2.24. The molecule has 1 aliphatic carbocycles. The Balaban J connectivity index is 1.67. The Morgan fingerprint density at radius 3 is 2.59 bits per heavy atom. The molecule has 1 N–H and O–H groups in total. The number of para-hydroxylation sites is 1. The number of hydrogen-bond acceptors (Lipinski definition) is 4. The summed E-state index contributed by atoms with van der Waals surface area (Å²) in [5.74, 6) is -3.33. The Hall–Kier alpha value is -3.35. The molecule has 4 nitrogen and oxygen atoms in total. The van der Waals surface area contributed by atoms with Crippen LogP contribution in [0.15, 0.2) is 48.3 Å². The van der Waals surface area contributed by atoms with Gasteiger partial charge in [0.2, 0.25) is 5.82 Å². The fourth-order valence-corrected chi connectivity index (χ4v) is 2.91. The van der Waals surface area contributed by atoms with E-state index in [4.69, 9.17) is 4.74 Å². The van der Waals surface area contributed by atoms with Gasteiger partial charge >= 0.3 is 0 Å². The standard InChI is InChI=1S/C20H14F3N3O/c1-11-7-13-14(8-11)17(22)16(9-15(13)21)27-20-18(23)19(24-10-25-20)26-12-5-3-2-4-6-12/h2-6,8-10H,7H2,1H3,(H,24,25,26). The van der Waals surface area contributed by atoms with E-state index in [1.54, 1.807) is 37.3 Å². The third kappa shape index (κ3) is 3.23. The van der Waals surface area contributed by atoms with Gasteiger partial charge in [-0.3, -0.25) is 0 Å². The van der Waals surface area contributed by atoms with Crippen LogP contribution in [0, 0.1) is 17.5 Å². The number of rotatable bonds is 4. The van der Waals surface area contributed by atoms with E-state index < -0.39 is 29.1 Å². The van der Waals surface area contributed by atoms with Gasteiger partial charge in [-0.2, -0.15) is 9.37 Å². The number of fused-ring (bicyclic) bond motifs is 1. The Labute approximate surface area is 153 Å². The average Bonchev–Trinajstić information content (AvgIpc) is 3.06. The predicted octanol–water partition coefficient (Wildman–Crippen LogP) is 5.39. The van der Waals surface area contributed by atoms with Crippen LogP contribution in [-0.2, 0) is 6.42 Å². The molecule has 136 valence electrons. The summed E-state index contributed by atoms with van der Waals surface area (Å²) in [6.45, 7) is 1.78. The molecule has 1 aliphatic rings. The van der Waals surface area contributed by atoms with Gasteiger partial charge in [0.05, 0.1) is 0 Å². The summed E-state index contributed by atoms with van der Waals surface area (Å²) in [5, 5.41) is 2.79. The van der Waals surface area contributed by atoms with Crippen molar-refractivity contribution in [1.29, 1.82) is 0 Å². The third-order valence-corrected chi connectivity index (χ3v) is 4.17. The van der Waals surface area contributed by atoms with Gasteiger partial charge in [-0.25, -0.2) is 13.8 Å². The lowest BCUT2D eigenvalue weighted by Gasteiger charge is -2.12. The molecule has 0 bridgehead atoms. The maximum absolute atomic E-state index is 14.7. The van der Waals surface area contributed by atoms with Crippen LogP contribution in [0.4, 0.5) is 24.7 Å². The summed E-state index contributed by atoms with van der Waals surface area (Å²) < 4.78 is 48.9. The normalized spacial score (nSPS) is 12.5. The number of allylic oxidation sites excluding steroid dienone is 1. The molecule has 1 heterocycles. The highest BCUT2D eigenvalue weighted by atomic mass is 19.1. The molecule has 0 unspecified atom stereocenters. The fraction of sp³-hybridized carbons (Fsp3) is 0.100. The predicted molar refractivity (Wildman–Crippen MR) is 95.5 cm³/mol. The molecule has 0 atom stereocenters. The summed E-state index contributed by atoms with van der Waals surface area (Å²) in [7, 11) is 0. The van der Waals surface area contributed by atoms with Crippen LogP contribution < -0.4 is 10.1 Å². The number of aromatic nitrogens is 2. The van der Waals surface area contributed by atoms with Crippen molar-refractivity contribution in [2.24, 2.45) is 0 Å². The Morgan fingerprint density at radius 2 is 1.81 bits per heavy atom. The lowest BCUT2D eigenvalue weighted by atomic mass is 10.1. The van der Waals surface area contributed by atoms with Crippen LogP contribution in [0.5, 0.6) is 11.6 Å². The van der Waals surface area contributed by atoms with E-state index in [1.165, 1.54) is 0 Å². The monoisotopic (exact) mass is 369 g/mol. The molecule has 27 heavy (non-hydrogen) atoms. The van der Waals surface area contributed by atoms with Gasteiger partial charge in [0.25, 0.3) is 5.88 Å². The topological polar surface area (TPSA) is 47.0 Å². The van der Waals surface area contributed by atoms with Crippen molar-refractivity contribution in [3.8, 4) is 11.6 Å². The van der Waals surface area contributed by atoms with E-state index in [0.717, 1.165) is 18.0 Å². The van der Waals surface area contributed by atoms with Crippen molar-refractivity contribution in [3.63, 3.8) is 0 Å².